The topological polar surface area (TPSA) is 64.3 Å². The first-order valence-corrected chi connectivity index (χ1v) is 9.55. The molecule has 1 amide bonds. The van der Waals surface area contributed by atoms with Gasteiger partial charge in [0, 0.05) is 24.3 Å². The van der Waals surface area contributed by atoms with Crippen molar-refractivity contribution in [3.8, 4) is 5.40 Å². The molecule has 0 radical (unpaired) electrons. The Hall–Kier alpha value is -1.91. The Bertz CT molecular complexity index is 661. The minimum absolute atomic E-state index is 0.00287. The highest BCUT2D eigenvalue weighted by Crippen LogP contribution is 2.32. The van der Waals surface area contributed by atoms with E-state index in [2.05, 4.69) is 0 Å². The molecule has 1 aromatic rings. The summed E-state index contributed by atoms with van der Waals surface area (Å²) in [7, 11) is 0. The first-order chi connectivity index (χ1) is 12.5. The van der Waals surface area contributed by atoms with Gasteiger partial charge in [0.25, 0.3) is 0 Å². The number of benzene rings is 1. The molecule has 7 heteroatoms. The number of carbonyl (C=O) groups excluding carboxylic acids is 1. The lowest BCUT2D eigenvalue weighted by molar-refractivity contribution is -0.128. The maximum atomic E-state index is 14.3. The summed E-state index contributed by atoms with van der Waals surface area (Å²) in [5, 5.41) is 20.4. The molecule has 1 heterocycles. The van der Waals surface area contributed by atoms with Gasteiger partial charge in [-0.3, -0.25) is 4.79 Å². The normalized spacial score (nSPS) is 19.1. The molecule has 0 spiro atoms. The molecule has 1 aliphatic rings. The number of amides is 1. The molecule has 1 saturated heterocycles. The predicted molar refractivity (Wildman–Crippen MR) is 97.5 cm³/mol. The van der Waals surface area contributed by atoms with Crippen LogP contribution in [0.3, 0.4) is 0 Å². The summed E-state index contributed by atoms with van der Waals surface area (Å²) >= 11 is 1.18. The monoisotopic (exact) mass is 380 g/mol. The molecule has 0 aromatic heterocycles. The van der Waals surface area contributed by atoms with Gasteiger partial charge in [-0.1, -0.05) is 42.5 Å². The van der Waals surface area contributed by atoms with Crippen LogP contribution in [0, 0.1) is 10.7 Å². The van der Waals surface area contributed by atoms with E-state index in [1.54, 1.807) is 11.0 Å². The summed E-state index contributed by atoms with van der Waals surface area (Å²) in [5.41, 5.74) is -0.244. The number of halogens is 2. The number of likely N-dealkylation sites (tertiary alicyclic amines) is 1. The molecule has 4 nitrogen and oxygen atoms in total. The molecule has 1 aliphatic heterocycles. The van der Waals surface area contributed by atoms with E-state index < -0.39 is 12.0 Å². The van der Waals surface area contributed by atoms with E-state index in [0.29, 0.717) is 25.1 Å². The third-order valence-electron chi connectivity index (χ3n) is 4.38. The Kier molecular flexibility index (Phi) is 7.61. The fourth-order valence-corrected chi connectivity index (χ4v) is 3.37. The number of hydrogen-bond acceptors (Lipinski definition) is 4. The van der Waals surface area contributed by atoms with Crippen LogP contribution in [0.4, 0.5) is 8.78 Å². The molecule has 0 aliphatic carbocycles. The number of aliphatic hydroxyl groups excluding tert-OH is 1. The van der Waals surface area contributed by atoms with Crippen molar-refractivity contribution in [2.75, 3.05) is 12.3 Å². The molecule has 26 heavy (non-hydrogen) atoms. The highest BCUT2D eigenvalue weighted by atomic mass is 32.2. The second-order valence-corrected chi connectivity index (χ2v) is 7.04. The number of thioether (sulfide) groups is 1. The van der Waals surface area contributed by atoms with Crippen LogP contribution in [0.2, 0.25) is 0 Å². The van der Waals surface area contributed by atoms with Crippen LogP contribution in [-0.4, -0.2) is 40.4 Å². The largest absolute Gasteiger partial charge is 0.382 e. The van der Waals surface area contributed by atoms with Gasteiger partial charge in [0.2, 0.25) is 5.91 Å². The van der Waals surface area contributed by atoms with Crippen molar-refractivity contribution in [3.05, 3.63) is 48.0 Å². The van der Waals surface area contributed by atoms with E-state index in [1.807, 2.05) is 5.40 Å². The number of aliphatic hydroxyl groups is 1. The molecule has 2 atom stereocenters. The first kappa shape index (κ1) is 20.4. The quantitative estimate of drug-likeness (QED) is 0.403. The van der Waals surface area contributed by atoms with Crippen LogP contribution < -0.4 is 0 Å². The van der Waals surface area contributed by atoms with Gasteiger partial charge < -0.3 is 10.0 Å². The molecular weight excluding hydrogens is 358 g/mol. The van der Waals surface area contributed by atoms with Gasteiger partial charge >= 0.3 is 5.92 Å². The first-order valence-electron chi connectivity index (χ1n) is 8.57. The average molecular weight is 380 g/mol. The SMILES string of the molecule is N#CSCCCCN1C(=O)CC[C@@H]1/C=C/C(O)C(F)(F)c1ccccc1. The van der Waals surface area contributed by atoms with Gasteiger partial charge in [0.05, 0.1) is 6.04 Å². The average Bonchev–Trinajstić information content (AvgIpc) is 3.00. The molecule has 1 N–H and O–H groups in total. The van der Waals surface area contributed by atoms with Crippen LogP contribution >= 0.6 is 11.8 Å². The fraction of sp³-hybridized carbons (Fsp3) is 0.474. The minimum atomic E-state index is -3.39. The Balaban J connectivity index is 1.94. The Labute approximate surface area is 156 Å². The molecule has 1 fully saturated rings. The van der Waals surface area contributed by atoms with E-state index in [0.717, 1.165) is 18.9 Å². The second-order valence-electron chi connectivity index (χ2n) is 6.16. The van der Waals surface area contributed by atoms with Gasteiger partial charge in [-0.2, -0.15) is 14.0 Å². The van der Waals surface area contributed by atoms with Crippen LogP contribution in [0.15, 0.2) is 42.5 Å². The molecule has 0 saturated carbocycles. The van der Waals surface area contributed by atoms with E-state index in [9.17, 15) is 18.7 Å². The van der Waals surface area contributed by atoms with Crippen molar-refractivity contribution < 1.29 is 18.7 Å². The predicted octanol–water partition coefficient (Wildman–Crippen LogP) is 3.68. The van der Waals surface area contributed by atoms with Crippen LogP contribution in [0.5, 0.6) is 0 Å². The van der Waals surface area contributed by atoms with Crippen molar-refractivity contribution in [1.29, 1.82) is 5.26 Å². The van der Waals surface area contributed by atoms with Gasteiger partial charge in [-0.25, -0.2) is 0 Å². The van der Waals surface area contributed by atoms with E-state index in [1.165, 1.54) is 42.1 Å². The third kappa shape index (κ3) is 5.29. The number of carbonyl (C=O) groups is 1. The van der Waals surface area contributed by atoms with Gasteiger partial charge in [-0.15, -0.1) is 0 Å². The van der Waals surface area contributed by atoms with Crippen LogP contribution in [0.1, 0.15) is 31.2 Å². The lowest BCUT2D eigenvalue weighted by Crippen LogP contribution is -2.34. The van der Waals surface area contributed by atoms with Crippen molar-refractivity contribution in [1.82, 2.24) is 4.90 Å². The maximum Gasteiger partial charge on any atom is 0.302 e. The fourth-order valence-electron chi connectivity index (χ4n) is 2.93. The molecular formula is C19H22F2N2O2S. The zero-order valence-corrected chi connectivity index (χ0v) is 15.2. The summed E-state index contributed by atoms with van der Waals surface area (Å²) in [4.78, 5) is 13.7. The number of nitrogens with zero attached hydrogens (tertiary/aromatic N) is 2. The number of thiocyanates is 1. The van der Waals surface area contributed by atoms with Crippen molar-refractivity contribution in [2.24, 2.45) is 0 Å². The Morgan fingerprint density at radius 3 is 2.81 bits per heavy atom. The van der Waals surface area contributed by atoms with E-state index in [4.69, 9.17) is 5.26 Å². The lowest BCUT2D eigenvalue weighted by atomic mass is 10.0. The number of hydrogen-bond donors (Lipinski definition) is 1. The van der Waals surface area contributed by atoms with E-state index in [-0.39, 0.29) is 17.5 Å². The number of rotatable bonds is 9. The van der Waals surface area contributed by atoms with Gasteiger partial charge in [-0.05, 0) is 31.0 Å². The minimum Gasteiger partial charge on any atom is -0.382 e. The number of alkyl halides is 2. The van der Waals surface area contributed by atoms with Crippen LogP contribution in [0.25, 0.3) is 0 Å². The second kappa shape index (κ2) is 9.70. The van der Waals surface area contributed by atoms with E-state index >= 15 is 0 Å². The molecule has 1 unspecified atom stereocenters. The number of unbranched alkanes of at least 4 members (excludes halogenated alkanes) is 1. The standard InChI is InChI=1S/C19H22F2N2O2S/c20-19(21,15-6-2-1-3-7-15)17(24)10-8-16-9-11-18(25)23(16)12-4-5-13-26-14-22/h1-3,6-8,10,16-17,24H,4-5,9,11-13H2/b10-8+/t16-,17?/m0/s1. The molecule has 1 aromatic carbocycles. The van der Waals surface area contributed by atoms with Crippen molar-refractivity contribution in [2.45, 2.75) is 43.8 Å². The van der Waals surface area contributed by atoms with Gasteiger partial charge in [0.1, 0.15) is 11.5 Å². The summed E-state index contributed by atoms with van der Waals surface area (Å²) in [6.45, 7) is 0.533. The highest BCUT2D eigenvalue weighted by molar-refractivity contribution is 8.03. The summed E-state index contributed by atoms with van der Waals surface area (Å²) < 4.78 is 28.6. The Morgan fingerprint density at radius 2 is 2.12 bits per heavy atom. The summed E-state index contributed by atoms with van der Waals surface area (Å²) in [6.07, 6.45) is 3.17. The zero-order valence-electron chi connectivity index (χ0n) is 14.4. The summed E-state index contributed by atoms with van der Waals surface area (Å²) in [5.74, 6) is -2.68. The molecule has 0 bridgehead atoms. The van der Waals surface area contributed by atoms with Gasteiger partial charge in [0.15, 0.2) is 0 Å². The van der Waals surface area contributed by atoms with Crippen molar-refractivity contribution >= 4 is 17.7 Å². The number of nitriles is 1. The molecule has 2 rings (SSSR count). The maximum absolute atomic E-state index is 14.3. The summed E-state index contributed by atoms with van der Waals surface area (Å²) in [6, 6.07) is 6.93. The molecule has 140 valence electrons. The van der Waals surface area contributed by atoms with Crippen molar-refractivity contribution in [3.63, 3.8) is 0 Å². The lowest BCUT2D eigenvalue weighted by Gasteiger charge is -2.24. The highest BCUT2D eigenvalue weighted by Gasteiger charge is 2.39. The smallest absolute Gasteiger partial charge is 0.302 e. The Morgan fingerprint density at radius 1 is 1.38 bits per heavy atom. The third-order valence-corrected chi connectivity index (χ3v) is 5.00. The zero-order chi connectivity index (χ0) is 19.0. The van der Waals surface area contributed by atoms with Crippen LogP contribution in [-0.2, 0) is 10.7 Å².